The Hall–Kier alpha value is -2.15. The highest BCUT2D eigenvalue weighted by atomic mass is 19.1. The zero-order valence-corrected chi connectivity index (χ0v) is 8.08. The standard InChI is InChI=1S/C11H8FN3/c1-7-6-14-11(15-7)8-2-3-10(12)9(4-8)5-13/h2-4,6H,1H3,(H,14,15). The molecule has 0 fully saturated rings. The van der Waals surface area contributed by atoms with Gasteiger partial charge < -0.3 is 4.98 Å². The molecule has 1 heterocycles. The summed E-state index contributed by atoms with van der Waals surface area (Å²) < 4.78 is 13.0. The molecular weight excluding hydrogens is 193 g/mol. The Labute approximate surface area is 86.2 Å². The zero-order valence-electron chi connectivity index (χ0n) is 8.08. The van der Waals surface area contributed by atoms with Crippen molar-refractivity contribution in [2.24, 2.45) is 0 Å². The zero-order chi connectivity index (χ0) is 10.8. The molecule has 0 bridgehead atoms. The molecule has 0 aliphatic carbocycles. The average molecular weight is 201 g/mol. The maximum absolute atomic E-state index is 13.0. The molecule has 2 aromatic rings. The lowest BCUT2D eigenvalue weighted by Gasteiger charge is -1.98. The summed E-state index contributed by atoms with van der Waals surface area (Å²) in [6, 6.07) is 6.14. The van der Waals surface area contributed by atoms with Crippen LogP contribution in [-0.2, 0) is 0 Å². The van der Waals surface area contributed by atoms with Crippen LogP contribution in [0.25, 0.3) is 11.4 Å². The molecule has 4 heteroatoms. The Morgan fingerprint density at radius 3 is 2.87 bits per heavy atom. The van der Waals surface area contributed by atoms with Crippen molar-refractivity contribution >= 4 is 0 Å². The lowest BCUT2D eigenvalue weighted by atomic mass is 10.1. The summed E-state index contributed by atoms with van der Waals surface area (Å²) in [6.07, 6.45) is 1.69. The van der Waals surface area contributed by atoms with Crippen molar-refractivity contribution in [3.8, 4) is 17.5 Å². The fourth-order valence-corrected chi connectivity index (χ4v) is 1.32. The average Bonchev–Trinajstić information content (AvgIpc) is 2.66. The molecule has 0 atom stereocenters. The van der Waals surface area contributed by atoms with Gasteiger partial charge in [0.1, 0.15) is 17.7 Å². The quantitative estimate of drug-likeness (QED) is 0.770. The molecule has 0 radical (unpaired) electrons. The van der Waals surface area contributed by atoms with Gasteiger partial charge in [-0.25, -0.2) is 9.37 Å². The van der Waals surface area contributed by atoms with Crippen molar-refractivity contribution in [2.45, 2.75) is 6.92 Å². The van der Waals surface area contributed by atoms with Crippen LogP contribution in [0.4, 0.5) is 4.39 Å². The van der Waals surface area contributed by atoms with Gasteiger partial charge in [0.2, 0.25) is 0 Å². The van der Waals surface area contributed by atoms with E-state index in [4.69, 9.17) is 5.26 Å². The normalized spacial score (nSPS) is 9.93. The topological polar surface area (TPSA) is 52.5 Å². The first-order chi connectivity index (χ1) is 7.20. The predicted molar refractivity (Wildman–Crippen MR) is 53.4 cm³/mol. The van der Waals surface area contributed by atoms with Gasteiger partial charge in [0.15, 0.2) is 0 Å². The van der Waals surface area contributed by atoms with Crippen molar-refractivity contribution in [1.82, 2.24) is 9.97 Å². The van der Waals surface area contributed by atoms with Gasteiger partial charge in [-0.05, 0) is 25.1 Å². The summed E-state index contributed by atoms with van der Waals surface area (Å²) in [5.74, 6) is 0.133. The van der Waals surface area contributed by atoms with E-state index in [2.05, 4.69) is 9.97 Å². The minimum Gasteiger partial charge on any atom is -0.342 e. The van der Waals surface area contributed by atoms with Crippen LogP contribution in [0.2, 0.25) is 0 Å². The van der Waals surface area contributed by atoms with Gasteiger partial charge >= 0.3 is 0 Å². The van der Waals surface area contributed by atoms with Gasteiger partial charge in [-0.3, -0.25) is 0 Å². The van der Waals surface area contributed by atoms with Gasteiger partial charge in [-0.2, -0.15) is 5.26 Å². The molecule has 0 amide bonds. The van der Waals surface area contributed by atoms with Gasteiger partial charge in [-0.1, -0.05) is 0 Å². The summed E-state index contributed by atoms with van der Waals surface area (Å²) in [4.78, 5) is 7.12. The first kappa shape index (κ1) is 9.41. The molecule has 3 nitrogen and oxygen atoms in total. The van der Waals surface area contributed by atoms with Crippen molar-refractivity contribution in [1.29, 1.82) is 5.26 Å². The predicted octanol–water partition coefficient (Wildman–Crippen LogP) is 2.40. The van der Waals surface area contributed by atoms with Crippen LogP contribution >= 0.6 is 0 Å². The minimum atomic E-state index is -0.510. The van der Waals surface area contributed by atoms with Crippen molar-refractivity contribution in [3.63, 3.8) is 0 Å². The molecule has 15 heavy (non-hydrogen) atoms. The third-order valence-electron chi connectivity index (χ3n) is 2.06. The largest absolute Gasteiger partial charge is 0.342 e. The summed E-state index contributed by atoms with van der Waals surface area (Å²) >= 11 is 0. The van der Waals surface area contributed by atoms with E-state index in [-0.39, 0.29) is 5.56 Å². The van der Waals surface area contributed by atoms with Crippen LogP contribution in [0.1, 0.15) is 11.3 Å². The lowest BCUT2D eigenvalue weighted by Crippen LogP contribution is -1.87. The SMILES string of the molecule is Cc1cnc(-c2ccc(F)c(C#N)c2)[nH]1. The van der Waals surface area contributed by atoms with E-state index < -0.39 is 5.82 Å². The van der Waals surface area contributed by atoms with E-state index in [0.717, 1.165) is 5.69 Å². The molecule has 0 aliphatic rings. The molecule has 0 saturated carbocycles. The maximum Gasteiger partial charge on any atom is 0.140 e. The first-order valence-electron chi connectivity index (χ1n) is 4.42. The molecule has 0 spiro atoms. The van der Waals surface area contributed by atoms with E-state index in [1.807, 2.05) is 6.92 Å². The Bertz CT molecular complexity index is 537. The van der Waals surface area contributed by atoms with E-state index in [9.17, 15) is 4.39 Å². The number of rotatable bonds is 1. The van der Waals surface area contributed by atoms with Gasteiger partial charge in [0.25, 0.3) is 0 Å². The molecule has 1 aromatic carbocycles. The fraction of sp³-hybridized carbons (Fsp3) is 0.0909. The molecular formula is C11H8FN3. The number of nitriles is 1. The van der Waals surface area contributed by atoms with Crippen LogP contribution in [0.5, 0.6) is 0 Å². The van der Waals surface area contributed by atoms with E-state index in [1.165, 1.54) is 12.1 Å². The highest BCUT2D eigenvalue weighted by Crippen LogP contribution is 2.18. The van der Waals surface area contributed by atoms with Crippen molar-refractivity contribution in [3.05, 3.63) is 41.5 Å². The third-order valence-corrected chi connectivity index (χ3v) is 2.06. The Morgan fingerprint density at radius 1 is 1.47 bits per heavy atom. The maximum atomic E-state index is 13.0. The number of nitrogens with zero attached hydrogens (tertiary/aromatic N) is 2. The van der Waals surface area contributed by atoms with Gasteiger partial charge in [-0.15, -0.1) is 0 Å². The Kier molecular flexibility index (Phi) is 2.22. The third kappa shape index (κ3) is 1.72. The van der Waals surface area contributed by atoms with Crippen LogP contribution < -0.4 is 0 Å². The number of nitrogens with one attached hydrogen (secondary N) is 1. The highest BCUT2D eigenvalue weighted by molar-refractivity contribution is 5.58. The van der Waals surface area contributed by atoms with Gasteiger partial charge in [0.05, 0.1) is 5.56 Å². The highest BCUT2D eigenvalue weighted by Gasteiger charge is 2.06. The van der Waals surface area contributed by atoms with E-state index in [1.54, 1.807) is 18.3 Å². The molecule has 0 unspecified atom stereocenters. The number of hydrogen-bond donors (Lipinski definition) is 1. The number of H-pyrrole nitrogens is 1. The van der Waals surface area contributed by atoms with E-state index >= 15 is 0 Å². The smallest absolute Gasteiger partial charge is 0.140 e. The van der Waals surface area contributed by atoms with Crippen LogP contribution in [-0.4, -0.2) is 9.97 Å². The number of halogens is 1. The number of hydrogen-bond acceptors (Lipinski definition) is 2. The van der Waals surface area contributed by atoms with Crippen LogP contribution in [0.15, 0.2) is 24.4 Å². The van der Waals surface area contributed by atoms with E-state index in [0.29, 0.717) is 11.4 Å². The summed E-state index contributed by atoms with van der Waals surface area (Å²) in [7, 11) is 0. The number of imidazole rings is 1. The fourth-order valence-electron chi connectivity index (χ4n) is 1.32. The van der Waals surface area contributed by atoms with Crippen molar-refractivity contribution < 1.29 is 4.39 Å². The monoisotopic (exact) mass is 201 g/mol. The molecule has 74 valence electrons. The number of aromatic amines is 1. The second-order valence-corrected chi connectivity index (χ2v) is 3.22. The second kappa shape index (κ2) is 3.54. The second-order valence-electron chi connectivity index (χ2n) is 3.22. The summed E-state index contributed by atoms with van der Waals surface area (Å²) in [5.41, 5.74) is 1.66. The molecule has 0 saturated heterocycles. The number of benzene rings is 1. The molecule has 1 N–H and O–H groups in total. The lowest BCUT2D eigenvalue weighted by molar-refractivity contribution is 0.624. The van der Waals surface area contributed by atoms with Crippen LogP contribution in [0, 0.1) is 24.1 Å². The Morgan fingerprint density at radius 2 is 2.27 bits per heavy atom. The number of aromatic nitrogens is 2. The summed E-state index contributed by atoms with van der Waals surface area (Å²) in [5, 5.41) is 8.67. The first-order valence-corrected chi connectivity index (χ1v) is 4.42. The molecule has 0 aliphatic heterocycles. The Balaban J connectivity index is 2.51. The van der Waals surface area contributed by atoms with Crippen molar-refractivity contribution in [2.75, 3.05) is 0 Å². The minimum absolute atomic E-state index is 0.0292. The van der Waals surface area contributed by atoms with Gasteiger partial charge in [0, 0.05) is 17.5 Å². The molecule has 1 aromatic heterocycles. The summed E-state index contributed by atoms with van der Waals surface area (Å²) in [6.45, 7) is 1.88. The number of aryl methyl sites for hydroxylation is 1. The van der Waals surface area contributed by atoms with Crippen LogP contribution in [0.3, 0.4) is 0 Å². The molecule has 2 rings (SSSR count).